The quantitative estimate of drug-likeness (QED) is 0.278. The summed E-state index contributed by atoms with van der Waals surface area (Å²) in [5, 5.41) is 10.8. The van der Waals surface area contributed by atoms with Gasteiger partial charge in [0.25, 0.3) is 0 Å². The molecular weight excluding hydrogens is 460 g/mol. The van der Waals surface area contributed by atoms with E-state index in [-0.39, 0.29) is 13.2 Å². The maximum absolute atomic E-state index is 12.9. The molecule has 0 spiro atoms. The molecule has 194 valence electrons. The highest BCUT2D eigenvalue weighted by atomic mass is 16.7. The third-order valence-corrected chi connectivity index (χ3v) is 5.68. The minimum Gasteiger partial charge on any atom is -0.493 e. The first-order valence-electron chi connectivity index (χ1n) is 11.4. The zero-order chi connectivity index (χ0) is 26.3. The molecule has 10 nitrogen and oxygen atoms in total. The Hall–Kier alpha value is -3.27. The van der Waals surface area contributed by atoms with Gasteiger partial charge in [-0.2, -0.15) is 0 Å². The Labute approximate surface area is 205 Å². The van der Waals surface area contributed by atoms with E-state index in [2.05, 4.69) is 0 Å². The monoisotopic (exact) mass is 494 g/mol. The molecule has 4 atom stereocenters. The molecule has 0 bridgehead atoms. The molecule has 1 aromatic rings. The van der Waals surface area contributed by atoms with Crippen LogP contribution in [0.5, 0.6) is 17.2 Å². The van der Waals surface area contributed by atoms with Gasteiger partial charge in [-0.1, -0.05) is 13.0 Å². The predicted octanol–water partition coefficient (Wildman–Crippen LogP) is 3.39. The van der Waals surface area contributed by atoms with Crippen molar-refractivity contribution >= 4 is 17.9 Å². The van der Waals surface area contributed by atoms with Gasteiger partial charge in [0.2, 0.25) is 12.5 Å². The molecule has 1 heterocycles. The number of hydrogen-bond acceptors (Lipinski definition) is 10. The molecule has 2 rings (SSSR count). The second-order valence-corrected chi connectivity index (χ2v) is 8.39. The molecule has 1 aliphatic rings. The maximum atomic E-state index is 12.9. The Morgan fingerprint density at radius 2 is 1.86 bits per heavy atom. The van der Waals surface area contributed by atoms with Gasteiger partial charge in [0.05, 0.1) is 7.11 Å². The summed E-state index contributed by atoms with van der Waals surface area (Å²) >= 11 is 0. The number of carbonyl (C=O) groups is 3. The van der Waals surface area contributed by atoms with Gasteiger partial charge in [0.1, 0.15) is 12.2 Å². The topological polar surface area (TPSA) is 127 Å². The molecule has 1 aliphatic heterocycles. The Morgan fingerprint density at radius 3 is 2.46 bits per heavy atom. The third-order valence-electron chi connectivity index (χ3n) is 5.68. The molecule has 35 heavy (non-hydrogen) atoms. The van der Waals surface area contributed by atoms with Gasteiger partial charge >= 0.3 is 17.9 Å². The Balaban J connectivity index is 2.32. The van der Waals surface area contributed by atoms with E-state index < -0.39 is 41.8 Å². The molecule has 0 fully saturated rings. The average molecular weight is 495 g/mol. The van der Waals surface area contributed by atoms with E-state index in [1.54, 1.807) is 32.1 Å². The Kier molecular flexibility index (Phi) is 9.53. The Bertz CT molecular complexity index is 965. The van der Waals surface area contributed by atoms with Crippen molar-refractivity contribution in [3.05, 3.63) is 29.3 Å². The summed E-state index contributed by atoms with van der Waals surface area (Å²) in [5.41, 5.74) is -1.37. The predicted molar refractivity (Wildman–Crippen MR) is 124 cm³/mol. The van der Waals surface area contributed by atoms with Crippen LogP contribution in [0.3, 0.4) is 0 Å². The number of ether oxygens (including phenoxy) is 6. The summed E-state index contributed by atoms with van der Waals surface area (Å²) < 4.78 is 32.6. The zero-order valence-electron chi connectivity index (χ0n) is 21.2. The van der Waals surface area contributed by atoms with Crippen LogP contribution in [0.25, 0.3) is 0 Å². The van der Waals surface area contributed by atoms with E-state index in [0.717, 1.165) is 0 Å². The summed E-state index contributed by atoms with van der Waals surface area (Å²) in [6, 6.07) is 3.19. The molecule has 0 aromatic heterocycles. The average Bonchev–Trinajstić information content (AvgIpc) is 3.29. The highest BCUT2D eigenvalue weighted by molar-refractivity contribution is 5.88. The van der Waals surface area contributed by atoms with Crippen molar-refractivity contribution in [3.63, 3.8) is 0 Å². The lowest BCUT2D eigenvalue weighted by atomic mass is 9.99. The van der Waals surface area contributed by atoms with Gasteiger partial charge in [-0.15, -0.1) is 0 Å². The first-order chi connectivity index (χ1) is 16.5. The summed E-state index contributed by atoms with van der Waals surface area (Å²) in [7, 11) is 1.45. The number of methoxy groups -OCH3 is 1. The maximum Gasteiger partial charge on any atom is 0.342 e. The molecule has 1 N–H and O–H groups in total. The van der Waals surface area contributed by atoms with Crippen molar-refractivity contribution in [1.29, 1.82) is 0 Å². The van der Waals surface area contributed by atoms with E-state index in [0.29, 0.717) is 34.8 Å². The molecule has 0 saturated heterocycles. The fraction of sp³-hybridized carbons (Fsp3) is 0.560. The van der Waals surface area contributed by atoms with Crippen LogP contribution < -0.4 is 14.2 Å². The molecule has 0 unspecified atom stereocenters. The first-order valence-corrected chi connectivity index (χ1v) is 11.4. The lowest BCUT2D eigenvalue weighted by Crippen LogP contribution is -2.49. The molecule has 10 heteroatoms. The highest BCUT2D eigenvalue weighted by Crippen LogP contribution is 2.44. The number of hydrogen-bond donors (Lipinski definition) is 1. The first kappa shape index (κ1) is 28.0. The van der Waals surface area contributed by atoms with Crippen molar-refractivity contribution in [3.8, 4) is 17.2 Å². The van der Waals surface area contributed by atoms with Crippen molar-refractivity contribution in [2.75, 3.05) is 13.9 Å². The van der Waals surface area contributed by atoms with Crippen molar-refractivity contribution in [2.24, 2.45) is 0 Å². The lowest BCUT2D eigenvalue weighted by Gasteiger charge is -2.31. The zero-order valence-corrected chi connectivity index (χ0v) is 21.2. The van der Waals surface area contributed by atoms with E-state index in [9.17, 15) is 19.5 Å². The van der Waals surface area contributed by atoms with Gasteiger partial charge in [0.15, 0.2) is 23.2 Å². The number of rotatable bonds is 11. The Morgan fingerprint density at radius 1 is 1.17 bits per heavy atom. The summed E-state index contributed by atoms with van der Waals surface area (Å²) in [5.74, 6) is -1.07. The van der Waals surface area contributed by atoms with E-state index >= 15 is 0 Å². The standard InChI is InChI=1S/C25H34O10/c1-8-10-20(26)34-16(5)25(6,29)24(28)33-15(4)21(35-23(27)14(3)9-2)17-11-18(30-7)22-19(12-17)31-13-32-22/h9,11-12,15-16,21,29H,8,10,13H2,1-7H3/b14-9-/t15-,16-,21-,25+/m0/s1. The number of benzene rings is 1. The van der Waals surface area contributed by atoms with Crippen LogP contribution in [0.15, 0.2) is 23.8 Å². The van der Waals surface area contributed by atoms with Gasteiger partial charge < -0.3 is 33.5 Å². The van der Waals surface area contributed by atoms with Crippen molar-refractivity contribution < 1.29 is 47.9 Å². The van der Waals surface area contributed by atoms with E-state index in [4.69, 9.17) is 28.4 Å². The number of carbonyl (C=O) groups excluding carboxylic acids is 3. The van der Waals surface area contributed by atoms with Crippen LogP contribution in [0.4, 0.5) is 0 Å². The van der Waals surface area contributed by atoms with Crippen LogP contribution in [-0.2, 0) is 28.6 Å². The lowest BCUT2D eigenvalue weighted by molar-refractivity contribution is -0.193. The minimum atomic E-state index is -2.14. The SMILES string of the molecule is C/C=C(/C)C(=O)O[C@H](c1cc(OC)c2c(c1)OCO2)[C@H](C)OC(=O)[C@](C)(O)[C@H](C)OC(=O)CCC. The fourth-order valence-electron chi connectivity index (χ4n) is 3.17. The number of aliphatic hydroxyl groups is 1. The summed E-state index contributed by atoms with van der Waals surface area (Å²) in [6.07, 6.45) is -0.997. The molecule has 0 amide bonds. The van der Waals surface area contributed by atoms with Crippen LogP contribution in [-0.4, -0.2) is 54.7 Å². The second kappa shape index (κ2) is 11.9. The number of fused-ring (bicyclic) bond motifs is 1. The van der Waals surface area contributed by atoms with Gasteiger partial charge in [-0.25, -0.2) is 9.59 Å². The second-order valence-electron chi connectivity index (χ2n) is 8.39. The van der Waals surface area contributed by atoms with E-state index in [1.807, 2.05) is 6.92 Å². The summed E-state index contributed by atoms with van der Waals surface area (Å²) in [4.78, 5) is 37.3. The van der Waals surface area contributed by atoms with Crippen molar-refractivity contribution in [2.45, 2.75) is 78.3 Å². The fourth-order valence-corrected chi connectivity index (χ4v) is 3.17. The highest BCUT2D eigenvalue weighted by Gasteiger charge is 2.43. The summed E-state index contributed by atoms with van der Waals surface area (Å²) in [6.45, 7) is 9.20. The van der Waals surface area contributed by atoms with Crippen molar-refractivity contribution in [1.82, 2.24) is 0 Å². The molecule has 0 radical (unpaired) electrons. The van der Waals surface area contributed by atoms with Crippen LogP contribution in [0.2, 0.25) is 0 Å². The van der Waals surface area contributed by atoms with Crippen LogP contribution in [0.1, 0.15) is 66.1 Å². The number of allylic oxidation sites excluding steroid dienone is 1. The molecule has 0 aliphatic carbocycles. The van der Waals surface area contributed by atoms with Gasteiger partial charge in [-0.05, 0) is 53.2 Å². The van der Waals surface area contributed by atoms with Gasteiger partial charge in [0, 0.05) is 17.6 Å². The normalized spacial score (nSPS) is 17.0. The van der Waals surface area contributed by atoms with Crippen LogP contribution >= 0.6 is 0 Å². The molecule has 1 aromatic carbocycles. The van der Waals surface area contributed by atoms with E-state index in [1.165, 1.54) is 27.9 Å². The smallest absolute Gasteiger partial charge is 0.342 e. The molecule has 0 saturated carbocycles. The minimum absolute atomic E-state index is 0.000667. The number of esters is 3. The largest absolute Gasteiger partial charge is 0.493 e. The van der Waals surface area contributed by atoms with Gasteiger partial charge in [-0.3, -0.25) is 4.79 Å². The van der Waals surface area contributed by atoms with Crippen LogP contribution in [0, 0.1) is 0 Å². The third kappa shape index (κ3) is 6.66. The molecular formula is C25H34O10.